The number of nitrogens with zero attached hydrogens (tertiary/aromatic N) is 1. The van der Waals surface area contributed by atoms with E-state index < -0.39 is 17.7 Å². The van der Waals surface area contributed by atoms with Crippen molar-refractivity contribution >= 4 is 12.3 Å². The van der Waals surface area contributed by atoms with Crippen LogP contribution in [-0.2, 0) is 9.59 Å². The summed E-state index contributed by atoms with van der Waals surface area (Å²) >= 11 is 0. The zero-order valence-electron chi connectivity index (χ0n) is 5.80. The van der Waals surface area contributed by atoms with E-state index in [-0.39, 0.29) is 6.29 Å². The molecule has 6 heteroatoms. The summed E-state index contributed by atoms with van der Waals surface area (Å²) in [4.78, 5) is 24.3. The van der Waals surface area contributed by atoms with Crippen molar-refractivity contribution < 1.29 is 24.6 Å². The second-order valence-corrected chi connectivity index (χ2v) is 1.87. The van der Waals surface area contributed by atoms with Crippen LogP contribution in [0.4, 0.5) is 0 Å². The third-order valence-corrected chi connectivity index (χ3v) is 1.08. The van der Waals surface area contributed by atoms with Crippen LogP contribution in [-0.4, -0.2) is 27.2 Å². The number of rotatable bonds is 2. The van der Waals surface area contributed by atoms with Gasteiger partial charge in [-0.05, 0) is 0 Å². The van der Waals surface area contributed by atoms with Crippen molar-refractivity contribution in [2.75, 3.05) is 0 Å². The third kappa shape index (κ3) is 1.36. The van der Waals surface area contributed by atoms with Crippen LogP contribution in [0.25, 0.3) is 0 Å². The first-order valence-electron chi connectivity index (χ1n) is 2.92. The summed E-state index contributed by atoms with van der Waals surface area (Å²) in [5.74, 6) is -2.15. The lowest BCUT2D eigenvalue weighted by Crippen LogP contribution is -2.19. The summed E-state index contributed by atoms with van der Waals surface area (Å²) in [6.45, 7) is 0. The molecule has 0 bridgehead atoms. The normalized spacial score (nSPS) is 9.33. The Balaban J connectivity index is 2.87. The van der Waals surface area contributed by atoms with E-state index in [1.165, 1.54) is 0 Å². The quantitative estimate of drug-likeness (QED) is 0.442. The zero-order valence-corrected chi connectivity index (χ0v) is 5.80. The molecule has 1 aromatic heterocycles. The fourth-order valence-corrected chi connectivity index (χ4v) is 0.607. The van der Waals surface area contributed by atoms with Crippen LogP contribution >= 0.6 is 0 Å². The molecule has 6 nitrogen and oxygen atoms in total. The van der Waals surface area contributed by atoms with Gasteiger partial charge < -0.3 is 15.1 Å². The number of hydrogen-bond donors (Lipinski definition) is 2. The Morgan fingerprint density at radius 2 is 1.92 bits per heavy atom. The van der Waals surface area contributed by atoms with E-state index >= 15 is 0 Å². The van der Waals surface area contributed by atoms with Gasteiger partial charge in [0.1, 0.15) is 0 Å². The van der Waals surface area contributed by atoms with Crippen LogP contribution in [0.2, 0.25) is 0 Å². The molecule has 0 spiro atoms. The van der Waals surface area contributed by atoms with Gasteiger partial charge >= 0.3 is 5.97 Å². The molecule has 1 rings (SSSR count). The van der Waals surface area contributed by atoms with Gasteiger partial charge in [-0.3, -0.25) is 4.79 Å². The highest BCUT2D eigenvalue weighted by Crippen LogP contribution is 2.18. The van der Waals surface area contributed by atoms with Gasteiger partial charge in [0.25, 0.3) is 0 Å². The van der Waals surface area contributed by atoms with Gasteiger partial charge in [0.05, 0.1) is 0 Å². The number of aldehydes is 1. The number of carbonyl (C=O) groups excluding carboxylic acids is 2. The van der Waals surface area contributed by atoms with Gasteiger partial charge in [-0.1, -0.05) is 0 Å². The summed E-state index contributed by atoms with van der Waals surface area (Å²) in [6, 6.07) is 2.21. The van der Waals surface area contributed by atoms with Crippen LogP contribution in [0, 0.1) is 0 Å². The van der Waals surface area contributed by atoms with Gasteiger partial charge in [-0.25, -0.2) is 4.79 Å². The predicted octanol–water partition coefficient (Wildman–Crippen LogP) is -0.947. The molecule has 2 N–H and O–H groups in total. The maximum absolute atomic E-state index is 10.4. The Kier molecular flexibility index (Phi) is 2.00. The molecule has 12 heavy (non-hydrogen) atoms. The molecule has 64 valence electrons. The summed E-state index contributed by atoms with van der Waals surface area (Å²) in [7, 11) is 0. The lowest BCUT2D eigenvalue weighted by atomic mass is 10.6. The molecule has 0 fully saturated rings. The molecule has 0 aromatic carbocycles. The minimum Gasteiger partial charge on any atom is -0.492 e. The van der Waals surface area contributed by atoms with E-state index in [1.807, 2.05) is 0 Å². The molecule has 0 unspecified atom stereocenters. The Morgan fingerprint density at radius 3 is 2.33 bits per heavy atom. The van der Waals surface area contributed by atoms with Crippen molar-refractivity contribution in [3.05, 3.63) is 12.1 Å². The number of aromatic hydroxyl groups is 2. The summed E-state index contributed by atoms with van der Waals surface area (Å²) in [5, 5.41) is 17.8. The largest absolute Gasteiger partial charge is 0.492 e. The van der Waals surface area contributed by atoms with E-state index in [1.54, 1.807) is 0 Å². The lowest BCUT2D eigenvalue weighted by Gasteiger charge is -2.02. The molecular formula is C6H5NO5. The number of aromatic nitrogens is 1. The summed E-state index contributed by atoms with van der Waals surface area (Å²) < 4.78 is 0.427. The van der Waals surface area contributed by atoms with Gasteiger partial charge in [0.2, 0.25) is 18.0 Å². The Labute approximate surface area is 66.6 Å². The van der Waals surface area contributed by atoms with Crippen molar-refractivity contribution in [2.45, 2.75) is 0 Å². The molecule has 0 atom stereocenters. The van der Waals surface area contributed by atoms with Crippen molar-refractivity contribution in [1.29, 1.82) is 0 Å². The Bertz CT molecular complexity index is 296. The van der Waals surface area contributed by atoms with E-state index in [4.69, 9.17) is 10.2 Å². The maximum Gasteiger partial charge on any atom is 0.396 e. The van der Waals surface area contributed by atoms with E-state index in [2.05, 4.69) is 4.84 Å². The van der Waals surface area contributed by atoms with E-state index in [0.717, 1.165) is 12.1 Å². The van der Waals surface area contributed by atoms with Gasteiger partial charge in [0.15, 0.2) is 0 Å². The minimum atomic E-state index is -1.21. The zero-order chi connectivity index (χ0) is 9.14. The SMILES string of the molecule is O=CC(=O)On1c(O)ccc1O. The van der Waals surface area contributed by atoms with Crippen molar-refractivity contribution in [3.63, 3.8) is 0 Å². The van der Waals surface area contributed by atoms with E-state index in [9.17, 15) is 9.59 Å². The van der Waals surface area contributed by atoms with Gasteiger partial charge in [0, 0.05) is 12.1 Å². The molecule has 0 amide bonds. The second-order valence-electron chi connectivity index (χ2n) is 1.87. The summed E-state index contributed by atoms with van der Waals surface area (Å²) in [5.41, 5.74) is 0. The second kappa shape index (κ2) is 2.95. The summed E-state index contributed by atoms with van der Waals surface area (Å²) in [6.07, 6.45) is -0.0844. The molecule has 0 aliphatic carbocycles. The minimum absolute atomic E-state index is 0.0844. The molecule has 0 aliphatic rings. The Hall–Kier alpha value is -1.98. The van der Waals surface area contributed by atoms with Crippen LogP contribution < -0.4 is 4.84 Å². The van der Waals surface area contributed by atoms with Crippen molar-refractivity contribution in [1.82, 2.24) is 4.73 Å². The predicted molar refractivity (Wildman–Crippen MR) is 35.4 cm³/mol. The van der Waals surface area contributed by atoms with E-state index in [0.29, 0.717) is 4.73 Å². The van der Waals surface area contributed by atoms with Crippen LogP contribution in [0.5, 0.6) is 11.8 Å². The fourth-order valence-electron chi connectivity index (χ4n) is 0.607. The average Bonchev–Trinajstić information content (AvgIpc) is 2.35. The van der Waals surface area contributed by atoms with Crippen LogP contribution in [0.1, 0.15) is 0 Å². The van der Waals surface area contributed by atoms with Crippen LogP contribution in [0.15, 0.2) is 12.1 Å². The van der Waals surface area contributed by atoms with Gasteiger partial charge in [-0.15, -0.1) is 4.73 Å². The highest BCUT2D eigenvalue weighted by atomic mass is 16.7. The van der Waals surface area contributed by atoms with Crippen molar-refractivity contribution in [2.24, 2.45) is 0 Å². The molecule has 0 radical (unpaired) electrons. The highest BCUT2D eigenvalue weighted by Gasteiger charge is 2.10. The molecule has 1 aromatic rings. The molecular weight excluding hydrogens is 166 g/mol. The number of carbonyl (C=O) groups is 2. The van der Waals surface area contributed by atoms with Crippen LogP contribution in [0.3, 0.4) is 0 Å². The smallest absolute Gasteiger partial charge is 0.396 e. The monoisotopic (exact) mass is 171 g/mol. The standard InChI is InChI=1S/C6H5NO5/c8-3-6(11)12-7-4(9)1-2-5(7)10/h1-3,9-10H. The average molecular weight is 171 g/mol. The topological polar surface area (TPSA) is 88.8 Å². The first-order chi connectivity index (χ1) is 5.65. The van der Waals surface area contributed by atoms with Gasteiger partial charge in [-0.2, -0.15) is 0 Å². The molecule has 0 saturated heterocycles. The first-order valence-corrected chi connectivity index (χ1v) is 2.92. The fraction of sp³-hybridized carbons (Fsp3) is 0. The number of hydrogen-bond acceptors (Lipinski definition) is 5. The molecule has 1 heterocycles. The molecule has 0 aliphatic heterocycles. The first kappa shape index (κ1) is 8.12. The third-order valence-electron chi connectivity index (χ3n) is 1.08. The lowest BCUT2D eigenvalue weighted by molar-refractivity contribution is -0.150. The maximum atomic E-state index is 10.4. The van der Waals surface area contributed by atoms with Crippen molar-refractivity contribution in [3.8, 4) is 11.8 Å². The Morgan fingerprint density at radius 1 is 1.42 bits per heavy atom. The highest BCUT2D eigenvalue weighted by molar-refractivity contribution is 6.20. The molecule has 0 saturated carbocycles.